The summed E-state index contributed by atoms with van der Waals surface area (Å²) in [5.41, 5.74) is 6.41. The lowest BCUT2D eigenvalue weighted by molar-refractivity contribution is -0.115. The average molecular weight is 522 g/mol. The molecule has 9 nitrogen and oxygen atoms in total. The first-order valence-electron chi connectivity index (χ1n) is 12.8. The summed E-state index contributed by atoms with van der Waals surface area (Å²) >= 11 is 0. The molecule has 2 aliphatic heterocycles. The number of aromatic nitrogens is 1. The molecule has 3 heterocycles. The molecule has 0 bridgehead atoms. The molecule has 1 fully saturated rings. The smallest absolute Gasteiger partial charge is 0.257 e. The van der Waals surface area contributed by atoms with Crippen LogP contribution in [-0.2, 0) is 16.0 Å². The number of fused-ring (bicyclic) bond motifs is 2. The van der Waals surface area contributed by atoms with Crippen LogP contribution in [0.4, 0.5) is 28.4 Å². The number of hydrogen-bond acceptors (Lipinski definition) is 6. The second-order valence-electron chi connectivity index (χ2n) is 9.53. The van der Waals surface area contributed by atoms with Crippen molar-refractivity contribution in [3.63, 3.8) is 0 Å². The van der Waals surface area contributed by atoms with Crippen LogP contribution in [0.15, 0.2) is 83.8 Å². The zero-order valence-electron chi connectivity index (χ0n) is 21.1. The second-order valence-corrected chi connectivity index (χ2v) is 9.53. The molecule has 9 heteroatoms. The van der Waals surface area contributed by atoms with Crippen LogP contribution in [0.25, 0.3) is 11.1 Å². The molecule has 0 atom stereocenters. The van der Waals surface area contributed by atoms with Gasteiger partial charge in [0, 0.05) is 36.7 Å². The van der Waals surface area contributed by atoms with Gasteiger partial charge in [0.25, 0.3) is 5.91 Å². The van der Waals surface area contributed by atoms with E-state index in [9.17, 15) is 14.4 Å². The van der Waals surface area contributed by atoms with Gasteiger partial charge in [-0.15, -0.1) is 0 Å². The first-order chi connectivity index (χ1) is 19.0. The molecule has 1 aromatic heterocycles. The lowest BCUT2D eigenvalue weighted by Crippen LogP contribution is -2.36. The van der Waals surface area contributed by atoms with E-state index in [0.29, 0.717) is 22.6 Å². The Labute approximate surface area is 224 Å². The van der Waals surface area contributed by atoms with E-state index >= 15 is 0 Å². The SMILES string of the molecule is O=C(Cc1ccc2c(c1)NC(=O)c1ccc(-c3cc[nH]c(=O)c3)cc1N2)Nc1ccc(N2CCOCC2)cc1. The lowest BCUT2D eigenvalue weighted by Gasteiger charge is -2.28. The third-order valence-corrected chi connectivity index (χ3v) is 6.87. The predicted octanol–water partition coefficient (Wildman–Crippen LogP) is 4.37. The van der Waals surface area contributed by atoms with Crippen molar-refractivity contribution in [2.75, 3.05) is 47.2 Å². The molecule has 0 radical (unpaired) electrons. The Hall–Kier alpha value is -4.89. The molecule has 4 N–H and O–H groups in total. The number of morpholine rings is 1. The van der Waals surface area contributed by atoms with E-state index in [0.717, 1.165) is 54.4 Å². The molecular formula is C30H27N5O4. The summed E-state index contributed by atoms with van der Waals surface area (Å²) in [6.45, 7) is 3.16. The third kappa shape index (κ3) is 5.39. The Kier molecular flexibility index (Phi) is 6.56. The zero-order valence-corrected chi connectivity index (χ0v) is 21.1. The molecule has 6 rings (SSSR count). The van der Waals surface area contributed by atoms with Crippen molar-refractivity contribution < 1.29 is 14.3 Å². The molecule has 0 aliphatic carbocycles. The van der Waals surface area contributed by atoms with E-state index in [-0.39, 0.29) is 23.8 Å². The van der Waals surface area contributed by atoms with Crippen molar-refractivity contribution in [1.82, 2.24) is 4.98 Å². The topological polar surface area (TPSA) is 116 Å². The number of carbonyl (C=O) groups excluding carboxylic acids is 2. The van der Waals surface area contributed by atoms with E-state index < -0.39 is 0 Å². The van der Waals surface area contributed by atoms with Crippen molar-refractivity contribution >= 4 is 40.3 Å². The number of amides is 2. The van der Waals surface area contributed by atoms with Crippen LogP contribution >= 0.6 is 0 Å². The monoisotopic (exact) mass is 521 g/mol. The molecule has 2 aliphatic rings. The fraction of sp³-hybridized carbons (Fsp3) is 0.167. The fourth-order valence-corrected chi connectivity index (χ4v) is 4.87. The predicted molar refractivity (Wildman–Crippen MR) is 152 cm³/mol. The van der Waals surface area contributed by atoms with Gasteiger partial charge in [0.15, 0.2) is 0 Å². The third-order valence-electron chi connectivity index (χ3n) is 6.87. The summed E-state index contributed by atoms with van der Waals surface area (Å²) in [5, 5.41) is 9.23. The first kappa shape index (κ1) is 24.4. The molecule has 1 saturated heterocycles. The number of nitrogens with one attached hydrogen (secondary N) is 4. The number of ether oxygens (including phenoxy) is 1. The Morgan fingerprint density at radius 2 is 1.62 bits per heavy atom. The van der Waals surface area contributed by atoms with Crippen LogP contribution in [0.3, 0.4) is 0 Å². The number of nitrogens with zero attached hydrogens (tertiary/aromatic N) is 1. The maximum Gasteiger partial charge on any atom is 0.257 e. The number of pyridine rings is 1. The van der Waals surface area contributed by atoms with Gasteiger partial charge in [-0.05, 0) is 71.3 Å². The van der Waals surface area contributed by atoms with Crippen LogP contribution in [0.1, 0.15) is 15.9 Å². The van der Waals surface area contributed by atoms with Crippen molar-refractivity contribution in [3.05, 3.63) is 100 Å². The van der Waals surface area contributed by atoms with Gasteiger partial charge in [0.05, 0.1) is 42.3 Å². The minimum atomic E-state index is -0.254. The Bertz CT molecular complexity index is 1610. The van der Waals surface area contributed by atoms with Gasteiger partial charge in [0.1, 0.15) is 0 Å². The first-order valence-corrected chi connectivity index (χ1v) is 12.8. The number of rotatable bonds is 5. The molecule has 3 aromatic carbocycles. The van der Waals surface area contributed by atoms with Crippen molar-refractivity contribution in [2.24, 2.45) is 0 Å². The molecule has 196 valence electrons. The Balaban J connectivity index is 1.15. The van der Waals surface area contributed by atoms with Gasteiger partial charge in [0.2, 0.25) is 11.5 Å². The minimum Gasteiger partial charge on any atom is -0.378 e. The Morgan fingerprint density at radius 3 is 2.41 bits per heavy atom. The lowest BCUT2D eigenvalue weighted by atomic mass is 10.0. The summed E-state index contributed by atoms with van der Waals surface area (Å²) in [6.07, 6.45) is 1.75. The normalized spacial score (nSPS) is 14.4. The molecule has 39 heavy (non-hydrogen) atoms. The summed E-state index contributed by atoms with van der Waals surface area (Å²) < 4.78 is 5.41. The number of anilines is 5. The van der Waals surface area contributed by atoms with E-state index in [1.807, 2.05) is 60.7 Å². The van der Waals surface area contributed by atoms with E-state index in [1.54, 1.807) is 12.3 Å². The highest BCUT2D eigenvalue weighted by Crippen LogP contribution is 2.35. The maximum absolute atomic E-state index is 13.0. The minimum absolute atomic E-state index is 0.146. The number of H-pyrrole nitrogens is 1. The molecule has 0 saturated carbocycles. The molecular weight excluding hydrogens is 494 g/mol. The number of hydrogen-bond donors (Lipinski definition) is 4. The summed E-state index contributed by atoms with van der Waals surface area (Å²) in [7, 11) is 0. The zero-order chi connectivity index (χ0) is 26.8. The van der Waals surface area contributed by atoms with Crippen molar-refractivity contribution in [2.45, 2.75) is 6.42 Å². The molecule has 0 unspecified atom stereocenters. The maximum atomic E-state index is 13.0. The summed E-state index contributed by atoms with van der Waals surface area (Å²) in [6, 6.07) is 22.1. The van der Waals surface area contributed by atoms with Crippen LogP contribution in [-0.4, -0.2) is 43.1 Å². The summed E-state index contributed by atoms with van der Waals surface area (Å²) in [5.74, 6) is -0.400. The molecule has 0 spiro atoms. The van der Waals surface area contributed by atoms with Gasteiger partial charge in [-0.1, -0.05) is 12.1 Å². The van der Waals surface area contributed by atoms with Crippen LogP contribution in [0.5, 0.6) is 0 Å². The molecule has 2 amide bonds. The van der Waals surface area contributed by atoms with Gasteiger partial charge >= 0.3 is 0 Å². The highest BCUT2D eigenvalue weighted by molar-refractivity contribution is 6.12. The summed E-state index contributed by atoms with van der Waals surface area (Å²) in [4.78, 5) is 42.4. The standard InChI is InChI=1S/C30H27N5O4/c36-28-18-21(9-10-31-28)20-2-7-24-26(17-20)33-25-8-1-19(15-27(25)34-30(24)38)16-29(37)32-22-3-5-23(6-4-22)35-11-13-39-14-12-35/h1-10,15,17-18,33H,11-14,16H2,(H,31,36)(H,32,37)(H,34,38). The van der Waals surface area contributed by atoms with Crippen LogP contribution in [0, 0.1) is 0 Å². The number of aromatic amines is 1. The van der Waals surface area contributed by atoms with Crippen molar-refractivity contribution in [3.8, 4) is 11.1 Å². The van der Waals surface area contributed by atoms with Gasteiger partial charge < -0.3 is 30.6 Å². The average Bonchev–Trinajstić information content (AvgIpc) is 3.08. The highest BCUT2D eigenvalue weighted by atomic mass is 16.5. The number of carbonyl (C=O) groups is 2. The molecule has 4 aromatic rings. The van der Waals surface area contributed by atoms with Gasteiger partial charge in [-0.25, -0.2) is 0 Å². The largest absolute Gasteiger partial charge is 0.378 e. The van der Waals surface area contributed by atoms with E-state index in [1.165, 1.54) is 6.07 Å². The van der Waals surface area contributed by atoms with Gasteiger partial charge in [-0.2, -0.15) is 0 Å². The van der Waals surface area contributed by atoms with E-state index in [2.05, 4.69) is 25.8 Å². The fourth-order valence-electron chi connectivity index (χ4n) is 4.87. The second kappa shape index (κ2) is 10.5. The number of benzene rings is 3. The quantitative estimate of drug-likeness (QED) is 0.310. The Morgan fingerprint density at radius 1 is 0.821 bits per heavy atom. The van der Waals surface area contributed by atoms with Crippen LogP contribution in [0.2, 0.25) is 0 Å². The van der Waals surface area contributed by atoms with Crippen molar-refractivity contribution in [1.29, 1.82) is 0 Å². The van der Waals surface area contributed by atoms with Crippen LogP contribution < -0.4 is 26.4 Å². The highest BCUT2D eigenvalue weighted by Gasteiger charge is 2.20. The van der Waals surface area contributed by atoms with Gasteiger partial charge in [-0.3, -0.25) is 14.4 Å². The van der Waals surface area contributed by atoms with E-state index in [4.69, 9.17) is 4.74 Å².